The summed E-state index contributed by atoms with van der Waals surface area (Å²) in [6.07, 6.45) is -5.35. The summed E-state index contributed by atoms with van der Waals surface area (Å²) in [5, 5.41) is 16.5. The van der Waals surface area contributed by atoms with E-state index in [-0.39, 0.29) is 30.0 Å². The van der Waals surface area contributed by atoms with Crippen molar-refractivity contribution in [2.45, 2.75) is 56.3 Å². The van der Waals surface area contributed by atoms with Crippen LogP contribution < -0.4 is 5.32 Å². The Balaban J connectivity index is 2.31. The van der Waals surface area contributed by atoms with E-state index in [4.69, 9.17) is 28.7 Å². The minimum atomic E-state index is -5.54. The number of benzene rings is 2. The molecule has 1 aliphatic heterocycles. The van der Waals surface area contributed by atoms with E-state index in [0.717, 1.165) is 24.3 Å². The Labute approximate surface area is 241 Å². The monoisotopic (exact) mass is 617 g/mol. The molecule has 1 fully saturated rings. The number of nitrogens with one attached hydrogen (secondary N) is 1. The topological polar surface area (TPSA) is 128 Å². The van der Waals surface area contributed by atoms with Crippen LogP contribution in [0.2, 0.25) is 10.0 Å². The molecule has 1 heterocycles. The Bertz CT molecular complexity index is 1440. The van der Waals surface area contributed by atoms with Gasteiger partial charge in [0.15, 0.2) is 0 Å². The maximum atomic E-state index is 15.6. The number of hydrogen-bond acceptors (Lipinski definition) is 6. The number of alkyl halides is 3. The average Bonchev–Trinajstić information content (AvgIpc) is 3.19. The first-order valence-corrected chi connectivity index (χ1v) is 12.7. The smallest absolute Gasteiger partial charge is 0.385 e. The van der Waals surface area contributed by atoms with Gasteiger partial charge in [0.05, 0.1) is 11.1 Å². The highest BCUT2D eigenvalue weighted by molar-refractivity contribution is 6.31. The van der Waals surface area contributed by atoms with Crippen LogP contribution in [-0.4, -0.2) is 36.7 Å². The van der Waals surface area contributed by atoms with Gasteiger partial charge in [-0.15, -0.1) is 0 Å². The molecule has 0 bridgehead atoms. The maximum absolute atomic E-state index is 15.6. The highest BCUT2D eigenvalue weighted by atomic mass is 35.5. The molecule has 0 aromatic heterocycles. The van der Waals surface area contributed by atoms with Crippen LogP contribution in [0.25, 0.3) is 10.4 Å². The van der Waals surface area contributed by atoms with Gasteiger partial charge in [-0.05, 0) is 47.6 Å². The standard InChI is InChI=1S/C26H22Cl2F5N5O3/c1-24(2,8-9-36-38-35)11-18-25(12-34,15-7-6-13(27)10-17(15)29)19(14-4-3-5-16(28)20(14)30)21(37-18)22(39)41-23(40)26(31,32)33/h3-7,10,18-19,21,37H,8-9,11H2,1-2H3/t18-,19-,21+,25-/m0/s1. The highest BCUT2D eigenvalue weighted by Gasteiger charge is 2.62. The van der Waals surface area contributed by atoms with Crippen LogP contribution in [-0.2, 0) is 19.7 Å². The molecular formula is C26H22Cl2F5N5O3. The minimum absolute atomic E-state index is 0.0307. The van der Waals surface area contributed by atoms with Crippen molar-refractivity contribution in [2.75, 3.05) is 6.54 Å². The van der Waals surface area contributed by atoms with Crippen LogP contribution in [0.3, 0.4) is 0 Å². The quantitative estimate of drug-likeness (QED) is 0.0859. The minimum Gasteiger partial charge on any atom is -0.385 e. The van der Waals surface area contributed by atoms with E-state index in [1.807, 2.05) is 6.07 Å². The van der Waals surface area contributed by atoms with Crippen molar-refractivity contribution in [1.29, 1.82) is 5.26 Å². The highest BCUT2D eigenvalue weighted by Crippen LogP contribution is 2.53. The summed E-state index contributed by atoms with van der Waals surface area (Å²) in [5.74, 6) is -8.45. The number of esters is 2. The third kappa shape index (κ3) is 6.57. The molecule has 1 N–H and O–H groups in total. The number of nitriles is 1. The molecule has 8 nitrogen and oxygen atoms in total. The van der Waals surface area contributed by atoms with Crippen LogP contribution in [0.1, 0.15) is 43.7 Å². The SMILES string of the molecule is CC(C)(CCN=[N+]=[N-])C[C@@H]1N[C@@H](C(=O)OC(=O)C(F)(F)F)[C@H](c2cccc(Cl)c2F)[C@@]1(C#N)c1ccc(Cl)cc1F. The Morgan fingerprint density at radius 1 is 1.22 bits per heavy atom. The van der Waals surface area contributed by atoms with Crippen molar-refractivity contribution in [2.24, 2.45) is 10.5 Å². The third-order valence-corrected chi connectivity index (χ3v) is 7.55. The molecule has 3 rings (SSSR count). The fourth-order valence-electron chi connectivity index (χ4n) is 5.19. The maximum Gasteiger partial charge on any atom is 0.491 e. The van der Waals surface area contributed by atoms with Gasteiger partial charge in [-0.1, -0.05) is 60.4 Å². The molecule has 0 radical (unpaired) electrons. The first-order valence-electron chi connectivity index (χ1n) is 12.0. The number of nitrogens with zero attached hydrogens (tertiary/aromatic N) is 4. The molecule has 0 saturated carbocycles. The molecule has 2 aromatic carbocycles. The van der Waals surface area contributed by atoms with Gasteiger partial charge in [-0.2, -0.15) is 18.4 Å². The van der Waals surface area contributed by atoms with E-state index in [9.17, 15) is 28.0 Å². The van der Waals surface area contributed by atoms with E-state index < -0.39 is 69.2 Å². The summed E-state index contributed by atoms with van der Waals surface area (Å²) in [6, 6.07) is 5.72. The van der Waals surface area contributed by atoms with Crippen molar-refractivity contribution >= 4 is 35.1 Å². The Hall–Kier alpha value is -3.43. The molecule has 15 heteroatoms. The van der Waals surface area contributed by atoms with Gasteiger partial charge in [-0.25, -0.2) is 18.4 Å². The van der Waals surface area contributed by atoms with E-state index >= 15 is 8.78 Å². The van der Waals surface area contributed by atoms with Crippen LogP contribution in [0.4, 0.5) is 22.0 Å². The molecule has 0 unspecified atom stereocenters. The van der Waals surface area contributed by atoms with Crippen LogP contribution in [0.15, 0.2) is 41.5 Å². The van der Waals surface area contributed by atoms with E-state index in [1.54, 1.807) is 13.8 Å². The zero-order valence-corrected chi connectivity index (χ0v) is 23.0. The predicted molar refractivity (Wildman–Crippen MR) is 138 cm³/mol. The molecule has 218 valence electrons. The second kappa shape index (κ2) is 12.2. The molecular weight excluding hydrogens is 596 g/mol. The molecule has 0 spiro atoms. The van der Waals surface area contributed by atoms with Crippen molar-refractivity contribution in [1.82, 2.24) is 5.32 Å². The fourth-order valence-corrected chi connectivity index (χ4v) is 5.53. The summed E-state index contributed by atoms with van der Waals surface area (Å²) in [4.78, 5) is 27.4. The van der Waals surface area contributed by atoms with Crippen molar-refractivity contribution in [3.63, 3.8) is 0 Å². The van der Waals surface area contributed by atoms with Gasteiger partial charge in [0.1, 0.15) is 23.1 Å². The molecule has 0 aliphatic carbocycles. The zero-order valence-electron chi connectivity index (χ0n) is 21.5. The Kier molecular flexibility index (Phi) is 9.55. The molecule has 4 atom stereocenters. The number of azide groups is 1. The summed E-state index contributed by atoms with van der Waals surface area (Å²) in [5.41, 5.74) is 4.94. The lowest BCUT2D eigenvalue weighted by atomic mass is 9.62. The van der Waals surface area contributed by atoms with Crippen molar-refractivity contribution < 1.29 is 36.3 Å². The Morgan fingerprint density at radius 3 is 2.49 bits per heavy atom. The molecule has 2 aromatic rings. The van der Waals surface area contributed by atoms with Crippen LogP contribution >= 0.6 is 23.2 Å². The number of halogens is 7. The first kappa shape index (κ1) is 32.1. The zero-order chi connectivity index (χ0) is 30.8. The Morgan fingerprint density at radius 2 is 1.90 bits per heavy atom. The molecule has 1 saturated heterocycles. The number of carbonyl (C=O) groups excluding carboxylic acids is 2. The normalized spacial score (nSPS) is 22.5. The van der Waals surface area contributed by atoms with E-state index in [1.165, 1.54) is 12.1 Å². The van der Waals surface area contributed by atoms with Gasteiger partial charge in [0.2, 0.25) is 0 Å². The fraction of sp³-hybridized carbons (Fsp3) is 0.423. The van der Waals surface area contributed by atoms with Crippen LogP contribution in [0, 0.1) is 28.4 Å². The lowest BCUT2D eigenvalue weighted by Gasteiger charge is -2.38. The van der Waals surface area contributed by atoms with Gasteiger partial charge < -0.3 is 4.74 Å². The van der Waals surface area contributed by atoms with E-state index in [0.29, 0.717) is 0 Å². The van der Waals surface area contributed by atoms with Crippen molar-refractivity contribution in [3.8, 4) is 6.07 Å². The number of hydrogen-bond donors (Lipinski definition) is 1. The molecule has 41 heavy (non-hydrogen) atoms. The summed E-state index contributed by atoms with van der Waals surface area (Å²) in [6.45, 7) is 3.47. The molecule has 0 amide bonds. The summed E-state index contributed by atoms with van der Waals surface area (Å²) in [7, 11) is 0. The summed E-state index contributed by atoms with van der Waals surface area (Å²) >= 11 is 11.9. The number of ether oxygens (including phenoxy) is 1. The van der Waals surface area contributed by atoms with E-state index in [2.05, 4.69) is 20.1 Å². The van der Waals surface area contributed by atoms with Crippen LogP contribution in [0.5, 0.6) is 0 Å². The second-order valence-corrected chi connectivity index (χ2v) is 11.0. The molecule has 1 aliphatic rings. The van der Waals surface area contributed by atoms with Crippen molar-refractivity contribution in [3.05, 3.63) is 79.6 Å². The largest absolute Gasteiger partial charge is 0.491 e. The number of carbonyl (C=O) groups is 2. The van der Waals surface area contributed by atoms with Gasteiger partial charge in [-0.3, -0.25) is 5.32 Å². The summed E-state index contributed by atoms with van der Waals surface area (Å²) < 4.78 is 74.2. The third-order valence-electron chi connectivity index (χ3n) is 7.02. The van der Waals surface area contributed by atoms with Gasteiger partial charge in [0, 0.05) is 34.0 Å². The average molecular weight is 618 g/mol. The number of rotatable bonds is 8. The second-order valence-electron chi connectivity index (χ2n) is 10.2. The lowest BCUT2D eigenvalue weighted by Crippen LogP contribution is -2.45. The first-order chi connectivity index (χ1) is 19.1. The lowest BCUT2D eigenvalue weighted by molar-refractivity contribution is -0.202. The predicted octanol–water partition coefficient (Wildman–Crippen LogP) is 6.91. The van der Waals surface area contributed by atoms with Gasteiger partial charge >= 0.3 is 18.1 Å². The van der Waals surface area contributed by atoms with Gasteiger partial charge in [0.25, 0.3) is 0 Å².